The number of halogens is 1. The Morgan fingerprint density at radius 1 is 1.08 bits per heavy atom. The molecule has 0 aliphatic rings. The van der Waals surface area contributed by atoms with Crippen molar-refractivity contribution in [1.82, 2.24) is 20.1 Å². The number of thioether (sulfide) groups is 1. The summed E-state index contributed by atoms with van der Waals surface area (Å²) in [7, 11) is 3.06. The fourth-order valence-electron chi connectivity index (χ4n) is 3.23. The Bertz CT molecular complexity index is 1340. The van der Waals surface area contributed by atoms with Crippen LogP contribution in [0.5, 0.6) is 11.5 Å². The summed E-state index contributed by atoms with van der Waals surface area (Å²) < 4.78 is 30.8. The van der Waals surface area contributed by atoms with Gasteiger partial charge in [0.05, 0.1) is 38.5 Å². The summed E-state index contributed by atoms with van der Waals surface area (Å²) in [5.41, 5.74) is 1.06. The molecular formula is C24H22FN5O5S. The molecule has 2 aromatic heterocycles. The van der Waals surface area contributed by atoms with Gasteiger partial charge in [0.15, 0.2) is 16.7 Å². The van der Waals surface area contributed by atoms with E-state index in [1.54, 1.807) is 42.0 Å². The van der Waals surface area contributed by atoms with E-state index in [-0.39, 0.29) is 24.0 Å². The van der Waals surface area contributed by atoms with E-state index < -0.39 is 11.7 Å². The number of anilines is 1. The van der Waals surface area contributed by atoms with Crippen molar-refractivity contribution in [2.45, 2.75) is 11.7 Å². The number of nitrogens with zero attached hydrogens (tertiary/aromatic N) is 3. The summed E-state index contributed by atoms with van der Waals surface area (Å²) in [4.78, 5) is 24.9. The Morgan fingerprint density at radius 3 is 2.58 bits per heavy atom. The zero-order chi connectivity index (χ0) is 25.5. The molecule has 0 aliphatic carbocycles. The van der Waals surface area contributed by atoms with Gasteiger partial charge in [-0.15, -0.1) is 10.2 Å². The summed E-state index contributed by atoms with van der Waals surface area (Å²) in [6, 6.07) is 13.9. The normalized spacial score (nSPS) is 10.6. The molecule has 4 rings (SSSR count). The lowest BCUT2D eigenvalue weighted by Gasteiger charge is -2.15. The Labute approximate surface area is 209 Å². The lowest BCUT2D eigenvalue weighted by molar-refractivity contribution is -0.113. The molecule has 0 spiro atoms. The Kier molecular flexibility index (Phi) is 7.85. The van der Waals surface area contributed by atoms with Gasteiger partial charge < -0.3 is 24.5 Å². The predicted molar refractivity (Wildman–Crippen MR) is 130 cm³/mol. The van der Waals surface area contributed by atoms with E-state index in [0.29, 0.717) is 33.9 Å². The Morgan fingerprint density at radius 2 is 1.89 bits per heavy atom. The summed E-state index contributed by atoms with van der Waals surface area (Å²) in [6.45, 7) is 0.0318. The summed E-state index contributed by atoms with van der Waals surface area (Å²) in [6.07, 6.45) is 1.41. The van der Waals surface area contributed by atoms with Crippen LogP contribution in [0, 0.1) is 5.82 Å². The largest absolute Gasteiger partial charge is 0.497 e. The van der Waals surface area contributed by atoms with E-state index in [2.05, 4.69) is 20.8 Å². The van der Waals surface area contributed by atoms with Crippen LogP contribution in [0.1, 0.15) is 16.4 Å². The Balaban J connectivity index is 1.57. The summed E-state index contributed by atoms with van der Waals surface area (Å²) >= 11 is 1.14. The van der Waals surface area contributed by atoms with Crippen molar-refractivity contribution in [2.75, 3.05) is 25.3 Å². The first kappa shape index (κ1) is 24.8. The average Bonchev–Trinajstić information content (AvgIpc) is 3.57. The monoisotopic (exact) mass is 511 g/mol. The number of hydrogen-bond acceptors (Lipinski definition) is 8. The van der Waals surface area contributed by atoms with Crippen molar-refractivity contribution in [3.05, 3.63) is 78.3 Å². The highest BCUT2D eigenvalue weighted by Crippen LogP contribution is 2.32. The number of aromatic nitrogens is 3. The van der Waals surface area contributed by atoms with Gasteiger partial charge in [-0.1, -0.05) is 11.8 Å². The highest BCUT2D eigenvalue weighted by atomic mass is 32.2. The molecule has 2 aromatic carbocycles. The van der Waals surface area contributed by atoms with Crippen LogP contribution in [-0.2, 0) is 11.3 Å². The number of rotatable bonds is 10. The molecule has 4 aromatic rings. The molecule has 0 aliphatic heterocycles. The van der Waals surface area contributed by atoms with Gasteiger partial charge in [0.1, 0.15) is 17.3 Å². The highest BCUT2D eigenvalue weighted by Gasteiger charge is 2.20. The minimum atomic E-state index is -0.413. The number of carbonyl (C=O) groups excluding carboxylic acids is 2. The van der Waals surface area contributed by atoms with Gasteiger partial charge in [-0.25, -0.2) is 4.39 Å². The van der Waals surface area contributed by atoms with Crippen LogP contribution in [0.3, 0.4) is 0 Å². The third kappa shape index (κ3) is 5.84. The smallest absolute Gasteiger partial charge is 0.287 e. The van der Waals surface area contributed by atoms with Gasteiger partial charge in [-0.2, -0.15) is 0 Å². The number of nitrogens with one attached hydrogen (secondary N) is 2. The number of ether oxygens (including phenoxy) is 2. The molecule has 36 heavy (non-hydrogen) atoms. The Hall–Kier alpha value is -4.32. The van der Waals surface area contributed by atoms with Crippen LogP contribution in [0.25, 0.3) is 5.69 Å². The maximum absolute atomic E-state index is 13.1. The fraction of sp³-hybridized carbons (Fsp3) is 0.167. The van der Waals surface area contributed by atoms with E-state index in [0.717, 1.165) is 11.8 Å². The van der Waals surface area contributed by atoms with Crippen molar-refractivity contribution >= 4 is 29.3 Å². The molecule has 0 unspecified atom stereocenters. The standard InChI is InChI=1S/C24H22FN5O5S/c1-33-17-9-10-18(20(12-17)34-2)30-21(13-26-23(32)19-4-3-11-35-19)28-29-24(30)36-14-22(31)27-16-7-5-15(25)6-8-16/h3-12H,13-14H2,1-2H3,(H,26,32)(H,27,31). The number of carbonyl (C=O) groups is 2. The number of amides is 2. The van der Waals surface area contributed by atoms with Crippen molar-refractivity contribution in [2.24, 2.45) is 0 Å². The van der Waals surface area contributed by atoms with Gasteiger partial charge in [-0.05, 0) is 48.5 Å². The highest BCUT2D eigenvalue weighted by molar-refractivity contribution is 7.99. The third-order valence-electron chi connectivity index (χ3n) is 4.94. The topological polar surface area (TPSA) is 121 Å². The second-order valence-corrected chi connectivity index (χ2v) is 8.22. The lowest BCUT2D eigenvalue weighted by Crippen LogP contribution is -2.24. The zero-order valence-corrected chi connectivity index (χ0v) is 20.2. The first-order valence-electron chi connectivity index (χ1n) is 10.6. The van der Waals surface area contributed by atoms with E-state index in [4.69, 9.17) is 13.9 Å². The predicted octanol–water partition coefficient (Wildman–Crippen LogP) is 3.68. The number of benzene rings is 2. The van der Waals surface area contributed by atoms with Crippen LogP contribution in [-0.4, -0.2) is 46.6 Å². The third-order valence-corrected chi connectivity index (χ3v) is 5.87. The van der Waals surface area contributed by atoms with E-state index in [1.165, 1.54) is 37.6 Å². The van der Waals surface area contributed by atoms with Crippen LogP contribution < -0.4 is 20.1 Å². The molecule has 0 saturated heterocycles. The van der Waals surface area contributed by atoms with Crippen LogP contribution >= 0.6 is 11.8 Å². The number of furan rings is 1. The maximum Gasteiger partial charge on any atom is 0.287 e. The van der Waals surface area contributed by atoms with Crippen molar-refractivity contribution in [3.63, 3.8) is 0 Å². The molecule has 186 valence electrons. The van der Waals surface area contributed by atoms with Gasteiger partial charge in [0, 0.05) is 11.8 Å². The summed E-state index contributed by atoms with van der Waals surface area (Å²) in [5, 5.41) is 14.3. The molecule has 12 heteroatoms. The summed E-state index contributed by atoms with van der Waals surface area (Å²) in [5.74, 6) is 0.520. The van der Waals surface area contributed by atoms with Crippen LogP contribution in [0.4, 0.5) is 10.1 Å². The molecule has 0 saturated carbocycles. The van der Waals surface area contributed by atoms with E-state index >= 15 is 0 Å². The average molecular weight is 512 g/mol. The minimum absolute atomic E-state index is 0.00668. The number of hydrogen-bond donors (Lipinski definition) is 2. The quantitative estimate of drug-likeness (QED) is 0.310. The SMILES string of the molecule is COc1ccc(-n2c(CNC(=O)c3ccco3)nnc2SCC(=O)Nc2ccc(F)cc2)c(OC)c1. The van der Waals surface area contributed by atoms with Gasteiger partial charge >= 0.3 is 0 Å². The molecular weight excluding hydrogens is 489 g/mol. The van der Waals surface area contributed by atoms with Crippen molar-refractivity contribution < 1.29 is 27.9 Å². The minimum Gasteiger partial charge on any atom is -0.497 e. The molecule has 2 heterocycles. The molecule has 0 fully saturated rings. The second-order valence-electron chi connectivity index (χ2n) is 7.28. The fourth-order valence-corrected chi connectivity index (χ4v) is 4.00. The number of methoxy groups -OCH3 is 2. The van der Waals surface area contributed by atoms with Crippen molar-refractivity contribution in [1.29, 1.82) is 0 Å². The molecule has 0 bridgehead atoms. The molecule has 0 radical (unpaired) electrons. The maximum atomic E-state index is 13.1. The van der Waals surface area contributed by atoms with Crippen molar-refractivity contribution in [3.8, 4) is 17.2 Å². The van der Waals surface area contributed by atoms with Crippen LogP contribution in [0.2, 0.25) is 0 Å². The molecule has 10 nitrogen and oxygen atoms in total. The first-order valence-corrected chi connectivity index (χ1v) is 11.6. The molecule has 2 N–H and O–H groups in total. The lowest BCUT2D eigenvalue weighted by atomic mass is 10.2. The van der Waals surface area contributed by atoms with Gasteiger partial charge in [0.25, 0.3) is 5.91 Å². The molecule has 2 amide bonds. The van der Waals surface area contributed by atoms with Gasteiger partial charge in [0.2, 0.25) is 5.91 Å². The van der Waals surface area contributed by atoms with E-state index in [1.807, 2.05) is 0 Å². The zero-order valence-electron chi connectivity index (χ0n) is 19.4. The van der Waals surface area contributed by atoms with E-state index in [9.17, 15) is 14.0 Å². The van der Waals surface area contributed by atoms with Crippen LogP contribution in [0.15, 0.2) is 70.4 Å². The second kappa shape index (κ2) is 11.4. The molecule has 0 atom stereocenters. The first-order chi connectivity index (χ1) is 17.5. The van der Waals surface area contributed by atoms with Gasteiger partial charge in [-0.3, -0.25) is 14.2 Å².